The van der Waals surface area contributed by atoms with Gasteiger partial charge in [-0.25, -0.2) is 4.79 Å². The first kappa shape index (κ1) is 17.2. The number of hydrogen-bond donors (Lipinski definition) is 2. The van der Waals surface area contributed by atoms with Crippen molar-refractivity contribution >= 4 is 11.9 Å². The summed E-state index contributed by atoms with van der Waals surface area (Å²) in [7, 11) is 0. The Kier molecular flexibility index (Phi) is 6.88. The average Bonchev–Trinajstić information content (AvgIpc) is 2.45. The van der Waals surface area contributed by atoms with Crippen LogP contribution in [0.25, 0.3) is 0 Å². The Labute approximate surface area is 125 Å². The molecule has 0 bridgehead atoms. The van der Waals surface area contributed by atoms with Crippen molar-refractivity contribution in [1.29, 1.82) is 0 Å². The molecule has 0 aliphatic rings. The summed E-state index contributed by atoms with van der Waals surface area (Å²) in [6.07, 6.45) is 1.18. The summed E-state index contributed by atoms with van der Waals surface area (Å²) in [5.41, 5.74) is 1.15. The van der Waals surface area contributed by atoms with Crippen LogP contribution < -0.4 is 5.32 Å². The number of aliphatic carboxylic acids is 1. The summed E-state index contributed by atoms with van der Waals surface area (Å²) in [6.45, 7) is 4.44. The maximum absolute atomic E-state index is 11.7. The van der Waals surface area contributed by atoms with Crippen molar-refractivity contribution in [3.8, 4) is 0 Å². The third-order valence-electron chi connectivity index (χ3n) is 3.33. The standard InChI is InChI=1S/C16H23NO4/c1-16(2,13-6-4-3-5-7-13)9-8-14(18)17-10-11-21-12-15(19)20/h3-7H,8-12H2,1-2H3,(H,17,18)(H,19,20). The van der Waals surface area contributed by atoms with E-state index in [4.69, 9.17) is 9.84 Å². The zero-order chi connectivity index (χ0) is 15.7. The highest BCUT2D eigenvalue weighted by Gasteiger charge is 2.21. The fourth-order valence-corrected chi connectivity index (χ4v) is 1.97. The Bertz CT molecular complexity index is 457. The Morgan fingerprint density at radius 1 is 1.24 bits per heavy atom. The van der Waals surface area contributed by atoms with Gasteiger partial charge in [-0.1, -0.05) is 44.2 Å². The second kappa shape index (κ2) is 8.42. The second-order valence-corrected chi connectivity index (χ2v) is 5.55. The largest absolute Gasteiger partial charge is 0.480 e. The van der Waals surface area contributed by atoms with Gasteiger partial charge in [-0.2, -0.15) is 0 Å². The Morgan fingerprint density at radius 3 is 2.52 bits per heavy atom. The van der Waals surface area contributed by atoms with E-state index in [2.05, 4.69) is 31.3 Å². The smallest absolute Gasteiger partial charge is 0.329 e. The first-order valence-corrected chi connectivity index (χ1v) is 7.03. The van der Waals surface area contributed by atoms with Gasteiger partial charge in [-0.05, 0) is 17.4 Å². The van der Waals surface area contributed by atoms with E-state index >= 15 is 0 Å². The van der Waals surface area contributed by atoms with Crippen LogP contribution in [0.2, 0.25) is 0 Å². The lowest BCUT2D eigenvalue weighted by molar-refractivity contribution is -0.142. The fourth-order valence-electron chi connectivity index (χ4n) is 1.97. The molecule has 116 valence electrons. The van der Waals surface area contributed by atoms with Gasteiger partial charge in [0.15, 0.2) is 0 Å². The fraction of sp³-hybridized carbons (Fsp3) is 0.500. The highest BCUT2D eigenvalue weighted by atomic mass is 16.5. The molecule has 0 aliphatic carbocycles. The first-order chi connectivity index (χ1) is 9.92. The molecule has 2 N–H and O–H groups in total. The van der Waals surface area contributed by atoms with E-state index in [0.717, 1.165) is 6.42 Å². The number of carbonyl (C=O) groups excluding carboxylic acids is 1. The van der Waals surface area contributed by atoms with E-state index < -0.39 is 5.97 Å². The van der Waals surface area contributed by atoms with Crippen LogP contribution in [-0.4, -0.2) is 36.7 Å². The minimum Gasteiger partial charge on any atom is -0.480 e. The number of rotatable bonds is 9. The van der Waals surface area contributed by atoms with Gasteiger partial charge in [0.05, 0.1) is 6.61 Å². The van der Waals surface area contributed by atoms with Gasteiger partial charge in [0.25, 0.3) is 0 Å². The number of ether oxygens (including phenoxy) is 1. The highest BCUT2D eigenvalue weighted by Crippen LogP contribution is 2.27. The Balaban J connectivity index is 2.25. The third kappa shape index (κ3) is 6.90. The maximum Gasteiger partial charge on any atom is 0.329 e. The summed E-state index contributed by atoms with van der Waals surface area (Å²) in [4.78, 5) is 22.0. The molecule has 0 aromatic heterocycles. The molecule has 1 amide bonds. The van der Waals surface area contributed by atoms with Crippen molar-refractivity contribution in [3.63, 3.8) is 0 Å². The lowest BCUT2D eigenvalue weighted by Gasteiger charge is -2.25. The predicted octanol–water partition coefficient (Wildman–Crippen LogP) is 1.96. The molecule has 0 heterocycles. The number of hydrogen-bond acceptors (Lipinski definition) is 3. The third-order valence-corrected chi connectivity index (χ3v) is 3.33. The molecule has 0 spiro atoms. The first-order valence-electron chi connectivity index (χ1n) is 7.03. The van der Waals surface area contributed by atoms with Crippen molar-refractivity contribution in [1.82, 2.24) is 5.32 Å². The van der Waals surface area contributed by atoms with Gasteiger partial charge in [-0.15, -0.1) is 0 Å². The van der Waals surface area contributed by atoms with E-state index in [-0.39, 0.29) is 24.5 Å². The van der Waals surface area contributed by atoms with Crippen LogP contribution in [0.3, 0.4) is 0 Å². The predicted molar refractivity (Wildman–Crippen MR) is 80.2 cm³/mol. The normalized spacial score (nSPS) is 11.1. The van der Waals surface area contributed by atoms with Crippen LogP contribution >= 0.6 is 0 Å². The molecule has 0 unspecified atom stereocenters. The van der Waals surface area contributed by atoms with E-state index in [1.165, 1.54) is 5.56 Å². The van der Waals surface area contributed by atoms with Gasteiger partial charge in [0, 0.05) is 13.0 Å². The number of carboxylic acid groups (broad SMARTS) is 1. The van der Waals surface area contributed by atoms with Crippen molar-refractivity contribution in [2.24, 2.45) is 0 Å². The molecule has 0 aliphatic heterocycles. The van der Waals surface area contributed by atoms with Crippen molar-refractivity contribution in [2.45, 2.75) is 32.1 Å². The number of carbonyl (C=O) groups is 2. The summed E-state index contributed by atoms with van der Waals surface area (Å²) in [5, 5.41) is 11.1. The molecular weight excluding hydrogens is 270 g/mol. The van der Waals surface area contributed by atoms with Crippen molar-refractivity contribution in [2.75, 3.05) is 19.8 Å². The topological polar surface area (TPSA) is 75.6 Å². The molecule has 5 nitrogen and oxygen atoms in total. The minimum atomic E-state index is -1.01. The van der Waals surface area contributed by atoms with Crippen LogP contribution in [0.5, 0.6) is 0 Å². The molecule has 1 aromatic carbocycles. The molecular formula is C16H23NO4. The van der Waals surface area contributed by atoms with Crippen LogP contribution in [-0.2, 0) is 19.7 Å². The molecule has 0 saturated heterocycles. The van der Waals surface area contributed by atoms with E-state index in [0.29, 0.717) is 13.0 Å². The molecule has 1 aromatic rings. The molecule has 0 fully saturated rings. The van der Waals surface area contributed by atoms with Crippen LogP contribution in [0.4, 0.5) is 0 Å². The van der Waals surface area contributed by atoms with Gasteiger partial charge in [0.2, 0.25) is 5.91 Å². The van der Waals surface area contributed by atoms with Gasteiger partial charge < -0.3 is 15.2 Å². The minimum absolute atomic E-state index is 0.0436. The zero-order valence-corrected chi connectivity index (χ0v) is 12.6. The van der Waals surface area contributed by atoms with Crippen molar-refractivity contribution in [3.05, 3.63) is 35.9 Å². The number of amides is 1. The number of carboxylic acids is 1. The molecule has 0 saturated carbocycles. The average molecular weight is 293 g/mol. The summed E-state index contributed by atoms with van der Waals surface area (Å²) >= 11 is 0. The van der Waals surface area contributed by atoms with Crippen LogP contribution in [0.1, 0.15) is 32.3 Å². The summed E-state index contributed by atoms with van der Waals surface area (Å²) in [6, 6.07) is 10.1. The molecule has 1 rings (SSSR count). The van der Waals surface area contributed by atoms with Gasteiger partial charge in [0.1, 0.15) is 6.61 Å². The van der Waals surface area contributed by atoms with Gasteiger partial charge in [-0.3, -0.25) is 4.79 Å². The van der Waals surface area contributed by atoms with Crippen LogP contribution in [0.15, 0.2) is 30.3 Å². The molecule has 0 atom stereocenters. The summed E-state index contributed by atoms with van der Waals surface area (Å²) in [5.74, 6) is -1.05. The quantitative estimate of drug-likeness (QED) is 0.682. The molecule has 21 heavy (non-hydrogen) atoms. The monoisotopic (exact) mass is 293 g/mol. The van der Waals surface area contributed by atoms with E-state index in [1.807, 2.05) is 18.2 Å². The molecule has 0 radical (unpaired) electrons. The van der Waals surface area contributed by atoms with E-state index in [1.54, 1.807) is 0 Å². The van der Waals surface area contributed by atoms with Crippen molar-refractivity contribution < 1.29 is 19.4 Å². The zero-order valence-electron chi connectivity index (χ0n) is 12.6. The highest BCUT2D eigenvalue weighted by molar-refractivity contribution is 5.76. The SMILES string of the molecule is CC(C)(CCC(=O)NCCOCC(=O)O)c1ccccc1. The maximum atomic E-state index is 11.7. The van der Waals surface area contributed by atoms with Crippen LogP contribution in [0, 0.1) is 0 Å². The lowest BCUT2D eigenvalue weighted by atomic mass is 9.80. The second-order valence-electron chi connectivity index (χ2n) is 5.55. The Hall–Kier alpha value is -1.88. The number of nitrogens with one attached hydrogen (secondary N) is 1. The number of benzene rings is 1. The van der Waals surface area contributed by atoms with E-state index in [9.17, 15) is 9.59 Å². The lowest BCUT2D eigenvalue weighted by Crippen LogP contribution is -2.29. The molecule has 5 heteroatoms. The Morgan fingerprint density at radius 2 is 1.90 bits per heavy atom. The summed E-state index contributed by atoms with van der Waals surface area (Å²) < 4.78 is 4.85. The van der Waals surface area contributed by atoms with Gasteiger partial charge >= 0.3 is 5.97 Å².